The summed E-state index contributed by atoms with van der Waals surface area (Å²) in [6, 6.07) is 39.3. The zero-order chi connectivity index (χ0) is 22.7. The van der Waals surface area contributed by atoms with Crippen molar-refractivity contribution in [2.45, 2.75) is 12.6 Å². The largest absolute Gasteiger partial charge is 0.412 e. The Balaban J connectivity index is 0.00000171. The van der Waals surface area contributed by atoms with E-state index in [1.54, 1.807) is 4.57 Å². The van der Waals surface area contributed by atoms with Gasteiger partial charge in [0, 0.05) is 0 Å². The maximum atomic E-state index is 12.7. The Morgan fingerprint density at radius 1 is 0.714 bits per heavy atom. The summed E-state index contributed by atoms with van der Waals surface area (Å²) in [5.74, 6) is 0. The fourth-order valence-corrected chi connectivity index (χ4v) is 9.80. The smallest absolute Gasteiger partial charge is 0.308 e. The van der Waals surface area contributed by atoms with Crippen molar-refractivity contribution >= 4 is 57.1 Å². The van der Waals surface area contributed by atoms with E-state index in [9.17, 15) is 9.90 Å². The van der Waals surface area contributed by atoms with E-state index in [0.29, 0.717) is 6.16 Å². The molecule has 1 heterocycles. The Labute approximate surface area is 215 Å². The van der Waals surface area contributed by atoms with Crippen LogP contribution in [0.25, 0.3) is 10.2 Å². The first-order valence-corrected chi connectivity index (χ1v) is 13.8. The molecule has 3 N–H and O–H groups in total. The first-order chi connectivity index (χ1) is 16.2. The summed E-state index contributed by atoms with van der Waals surface area (Å²) >= 11 is 1.23. The molecule has 7 heteroatoms. The Morgan fingerprint density at radius 2 is 1.14 bits per heavy atom. The maximum absolute atomic E-state index is 12.7. The Bertz CT molecular complexity index is 1310. The van der Waals surface area contributed by atoms with Gasteiger partial charge in [0.05, 0.1) is 16.8 Å². The van der Waals surface area contributed by atoms with Crippen LogP contribution in [0, 0.1) is 0 Å². The molecular weight excluding hydrogens is 497 g/mol. The fourth-order valence-electron chi connectivity index (χ4n) is 4.58. The van der Waals surface area contributed by atoms with E-state index in [1.165, 1.54) is 27.3 Å². The summed E-state index contributed by atoms with van der Waals surface area (Å²) in [5.41, 5.74) is 0.884. The molecule has 0 aliphatic rings. The van der Waals surface area contributed by atoms with Crippen molar-refractivity contribution in [1.82, 2.24) is 4.57 Å². The van der Waals surface area contributed by atoms with Gasteiger partial charge in [-0.25, -0.2) is 0 Å². The molecule has 0 aliphatic carbocycles. The van der Waals surface area contributed by atoms with Gasteiger partial charge in [0.25, 0.3) is 0 Å². The van der Waals surface area contributed by atoms with Gasteiger partial charge in [0.2, 0.25) is 0 Å². The van der Waals surface area contributed by atoms with Gasteiger partial charge in [0.1, 0.15) is 35.4 Å². The molecule has 5 rings (SSSR count). The molecule has 4 nitrogen and oxygen atoms in total. The highest BCUT2D eigenvalue weighted by Crippen LogP contribution is 2.55. The number of aromatic nitrogens is 1. The zero-order valence-corrected chi connectivity index (χ0v) is 21.6. The summed E-state index contributed by atoms with van der Waals surface area (Å²) in [7, 11) is -2.17. The summed E-state index contributed by atoms with van der Waals surface area (Å²) in [5, 5.41) is 15.2. The van der Waals surface area contributed by atoms with Crippen LogP contribution < -0.4 is 20.8 Å². The monoisotopic (exact) mass is 524 g/mol. The topological polar surface area (TPSA) is 73.7 Å². The quantitative estimate of drug-likeness (QED) is 0.327. The minimum Gasteiger partial charge on any atom is -0.412 e. The first kappa shape index (κ1) is 26.8. The standard InChI is InChI=1S/C28H25NO2PS.ClH.H2O/c30-22(20-29-26-18-10-11-19-27(26)33-28(29)31)21-32(23-12-4-1-5-13-23,24-14-6-2-7-15-24)25-16-8-3-9-17-25;;/h1-19,22,30H,20-21H2;1H;1H2/q+1;;. The van der Waals surface area contributed by atoms with E-state index in [0.717, 1.165) is 10.2 Å². The third-order valence-electron chi connectivity index (χ3n) is 6.04. The number of aliphatic hydroxyl groups excluding tert-OH is 1. The number of nitrogens with zero attached hydrogens (tertiary/aromatic N) is 1. The molecule has 0 amide bonds. The van der Waals surface area contributed by atoms with Gasteiger partial charge in [-0.15, -0.1) is 12.4 Å². The lowest BCUT2D eigenvalue weighted by Crippen LogP contribution is -2.38. The lowest BCUT2D eigenvalue weighted by molar-refractivity contribution is 0.178. The van der Waals surface area contributed by atoms with Crippen molar-refractivity contribution in [1.29, 1.82) is 0 Å². The van der Waals surface area contributed by atoms with Gasteiger partial charge < -0.3 is 10.6 Å². The van der Waals surface area contributed by atoms with E-state index in [4.69, 9.17) is 0 Å². The minimum absolute atomic E-state index is 0. The highest BCUT2D eigenvalue weighted by molar-refractivity contribution is 7.95. The predicted molar refractivity (Wildman–Crippen MR) is 153 cm³/mol. The number of aliphatic hydroxyl groups is 1. The number of para-hydroxylation sites is 1. The van der Waals surface area contributed by atoms with E-state index in [-0.39, 0.29) is 29.3 Å². The third-order valence-corrected chi connectivity index (χ3v) is 11.5. The van der Waals surface area contributed by atoms with Crippen molar-refractivity contribution in [2.75, 3.05) is 6.16 Å². The van der Waals surface area contributed by atoms with Crippen molar-refractivity contribution in [3.63, 3.8) is 0 Å². The van der Waals surface area contributed by atoms with E-state index >= 15 is 0 Å². The fraction of sp³-hybridized carbons (Fsp3) is 0.107. The van der Waals surface area contributed by atoms with Gasteiger partial charge in [-0.3, -0.25) is 9.36 Å². The van der Waals surface area contributed by atoms with Crippen LogP contribution in [0.3, 0.4) is 0 Å². The Morgan fingerprint density at radius 3 is 1.63 bits per heavy atom. The highest BCUT2D eigenvalue weighted by Gasteiger charge is 2.46. The number of rotatable bonds is 7. The van der Waals surface area contributed by atoms with Crippen LogP contribution in [0.1, 0.15) is 0 Å². The molecule has 1 atom stereocenters. The molecule has 0 aliphatic heterocycles. The van der Waals surface area contributed by atoms with Crippen LogP contribution in [0.2, 0.25) is 0 Å². The van der Waals surface area contributed by atoms with Gasteiger partial charge >= 0.3 is 4.87 Å². The van der Waals surface area contributed by atoms with E-state index in [1.807, 2.05) is 42.5 Å². The Kier molecular flexibility index (Phi) is 9.01. The summed E-state index contributed by atoms with van der Waals surface area (Å²) < 4.78 is 2.67. The van der Waals surface area contributed by atoms with Crippen LogP contribution in [-0.2, 0) is 6.54 Å². The second-order valence-electron chi connectivity index (χ2n) is 8.10. The minimum atomic E-state index is -2.17. The van der Waals surface area contributed by atoms with Crippen molar-refractivity contribution < 1.29 is 10.6 Å². The number of halogens is 1. The molecule has 180 valence electrons. The van der Waals surface area contributed by atoms with Crippen LogP contribution in [-0.4, -0.2) is 27.4 Å². The number of hydrogen-bond donors (Lipinski definition) is 1. The lowest BCUT2D eigenvalue weighted by atomic mass is 10.3. The Hall–Kier alpha value is -2.79. The zero-order valence-electron chi connectivity index (χ0n) is 19.0. The van der Waals surface area contributed by atoms with E-state index < -0.39 is 13.4 Å². The first-order valence-electron chi connectivity index (χ1n) is 11.0. The van der Waals surface area contributed by atoms with Gasteiger partial charge in [-0.1, -0.05) is 78.1 Å². The van der Waals surface area contributed by atoms with Crippen LogP contribution in [0.5, 0.6) is 0 Å². The third kappa shape index (κ3) is 5.25. The average molecular weight is 525 g/mol. The van der Waals surface area contributed by atoms with Gasteiger partial charge in [0.15, 0.2) is 0 Å². The number of fused-ring (bicyclic) bond motifs is 1. The number of hydrogen-bond acceptors (Lipinski definition) is 3. The van der Waals surface area contributed by atoms with Gasteiger partial charge in [-0.05, 0) is 48.5 Å². The lowest BCUT2D eigenvalue weighted by Gasteiger charge is -2.29. The van der Waals surface area contributed by atoms with Crippen molar-refractivity contribution in [3.05, 3.63) is 125 Å². The van der Waals surface area contributed by atoms with Crippen LogP contribution >= 0.6 is 31.0 Å². The molecule has 35 heavy (non-hydrogen) atoms. The molecule has 1 unspecified atom stereocenters. The molecular formula is C28H28ClNO3PS+. The SMILES string of the molecule is Cl.O.O=c1sc2ccccc2n1CC(O)C[P+](c1ccccc1)(c1ccccc1)c1ccccc1. The molecule has 0 bridgehead atoms. The maximum Gasteiger partial charge on any atom is 0.308 e. The van der Waals surface area contributed by atoms with Crippen molar-refractivity contribution in [2.24, 2.45) is 0 Å². The van der Waals surface area contributed by atoms with Crippen molar-refractivity contribution in [3.8, 4) is 0 Å². The second kappa shape index (κ2) is 11.8. The molecule has 1 aromatic heterocycles. The van der Waals surface area contributed by atoms with Gasteiger partial charge in [-0.2, -0.15) is 0 Å². The van der Waals surface area contributed by atoms with E-state index in [2.05, 4.69) is 72.8 Å². The second-order valence-corrected chi connectivity index (χ2v) is 12.6. The molecule has 0 spiro atoms. The molecule has 0 saturated carbocycles. The normalized spacial score (nSPS) is 11.9. The summed E-state index contributed by atoms with van der Waals surface area (Å²) in [6.07, 6.45) is -0.128. The summed E-state index contributed by atoms with van der Waals surface area (Å²) in [6.45, 7) is 0.275. The number of benzene rings is 4. The molecule has 0 saturated heterocycles. The molecule has 5 aromatic rings. The summed E-state index contributed by atoms with van der Waals surface area (Å²) in [4.78, 5) is 12.7. The number of thiazole rings is 1. The average Bonchev–Trinajstić information content (AvgIpc) is 3.19. The molecule has 4 aromatic carbocycles. The molecule has 0 fully saturated rings. The molecule has 0 radical (unpaired) electrons. The van der Waals surface area contributed by atoms with Crippen LogP contribution in [0.4, 0.5) is 0 Å². The predicted octanol–water partition coefficient (Wildman–Crippen LogP) is 4.02. The highest BCUT2D eigenvalue weighted by atomic mass is 35.5. The van der Waals surface area contributed by atoms with Crippen LogP contribution in [0.15, 0.2) is 120 Å².